The van der Waals surface area contributed by atoms with Crippen LogP contribution in [0, 0.1) is 0 Å². The number of benzene rings is 2. The Morgan fingerprint density at radius 3 is 2.44 bits per heavy atom. The molecule has 0 aliphatic carbocycles. The number of primary amides is 1. The van der Waals surface area contributed by atoms with Crippen LogP contribution in [0.5, 0.6) is 0 Å². The van der Waals surface area contributed by atoms with E-state index >= 15 is 0 Å². The lowest BCUT2D eigenvalue weighted by Crippen LogP contribution is -2.10. The van der Waals surface area contributed by atoms with E-state index in [-0.39, 0.29) is 6.61 Å². The summed E-state index contributed by atoms with van der Waals surface area (Å²) in [5.74, 6) is 1.18. The molecule has 0 saturated heterocycles. The molecule has 0 aliphatic rings. The highest BCUT2D eigenvalue weighted by atomic mass is 32.2. The van der Waals surface area contributed by atoms with Gasteiger partial charge in [-0.3, -0.25) is 4.79 Å². The van der Waals surface area contributed by atoms with Crippen molar-refractivity contribution in [3.05, 3.63) is 72.3 Å². The third kappa shape index (κ3) is 5.32. The fraction of sp³-hybridized carbons (Fsp3) is 0.143. The predicted molar refractivity (Wildman–Crippen MR) is 110 cm³/mol. The van der Waals surface area contributed by atoms with Crippen molar-refractivity contribution in [3.8, 4) is 11.3 Å². The minimum atomic E-state index is -0.445. The zero-order chi connectivity index (χ0) is 19.1. The molecule has 0 unspecified atom stereocenters. The Bertz CT molecular complexity index is 896. The molecular weight excluding hydrogens is 358 g/mol. The number of hydrogen-bond acceptors (Lipinski definition) is 5. The first kappa shape index (κ1) is 18.9. The van der Waals surface area contributed by atoms with Crippen molar-refractivity contribution in [1.29, 1.82) is 0 Å². The maximum Gasteiger partial charge on any atom is 0.248 e. The summed E-state index contributed by atoms with van der Waals surface area (Å²) in [6.07, 6.45) is 0.794. The summed E-state index contributed by atoms with van der Waals surface area (Å²) in [5, 5.41) is 12.1. The molecule has 1 heterocycles. The molecule has 2 aromatic carbocycles. The Morgan fingerprint density at radius 1 is 1.04 bits per heavy atom. The van der Waals surface area contributed by atoms with E-state index in [1.54, 1.807) is 36.0 Å². The lowest BCUT2D eigenvalue weighted by molar-refractivity contribution is 0.100. The summed E-state index contributed by atoms with van der Waals surface area (Å²) in [6, 6.07) is 21.0. The molecule has 0 spiro atoms. The number of nitrogens with two attached hydrogens (primary N) is 1. The molecule has 0 bridgehead atoms. The molecule has 4 N–H and O–H groups in total. The molecule has 0 atom stereocenters. The van der Waals surface area contributed by atoms with Gasteiger partial charge in [0.15, 0.2) is 0 Å². The van der Waals surface area contributed by atoms with E-state index in [4.69, 9.17) is 10.8 Å². The highest BCUT2D eigenvalue weighted by molar-refractivity contribution is 7.99. The number of aliphatic hydroxyl groups excluding tert-OH is 1. The predicted octanol–water partition coefficient (Wildman–Crippen LogP) is 4.07. The maximum atomic E-state index is 11.1. The maximum absolute atomic E-state index is 11.1. The number of nitrogens with one attached hydrogen (secondary N) is 1. The number of aromatic nitrogens is 1. The normalized spacial score (nSPS) is 10.6. The van der Waals surface area contributed by atoms with Crippen LogP contribution in [0.4, 0.5) is 11.5 Å². The average molecular weight is 379 g/mol. The number of amides is 1. The number of rotatable bonds is 8. The quantitative estimate of drug-likeness (QED) is 0.406. The van der Waals surface area contributed by atoms with E-state index in [1.165, 1.54) is 4.90 Å². The van der Waals surface area contributed by atoms with Gasteiger partial charge in [-0.25, -0.2) is 4.98 Å². The molecule has 0 fully saturated rings. The van der Waals surface area contributed by atoms with Gasteiger partial charge in [0.25, 0.3) is 0 Å². The van der Waals surface area contributed by atoms with Crippen molar-refractivity contribution in [3.63, 3.8) is 0 Å². The number of carbonyl (C=O) groups is 1. The number of hydrogen-bond donors (Lipinski definition) is 3. The van der Waals surface area contributed by atoms with Crippen LogP contribution in [0.15, 0.2) is 71.6 Å². The van der Waals surface area contributed by atoms with E-state index in [1.807, 2.05) is 18.2 Å². The molecule has 0 aliphatic heterocycles. The third-order valence-corrected chi connectivity index (χ3v) is 5.01. The minimum Gasteiger partial charge on any atom is -0.396 e. The van der Waals surface area contributed by atoms with Crippen LogP contribution in [0.2, 0.25) is 0 Å². The Balaban J connectivity index is 1.70. The van der Waals surface area contributed by atoms with Crippen molar-refractivity contribution in [2.45, 2.75) is 11.3 Å². The van der Waals surface area contributed by atoms with Gasteiger partial charge >= 0.3 is 0 Å². The number of anilines is 2. The number of nitrogens with zero attached hydrogens (tertiary/aromatic N) is 1. The molecule has 0 radical (unpaired) electrons. The van der Waals surface area contributed by atoms with Gasteiger partial charge in [0.1, 0.15) is 5.82 Å². The number of aliphatic hydroxyl groups is 1. The van der Waals surface area contributed by atoms with Crippen molar-refractivity contribution < 1.29 is 9.90 Å². The molecule has 5 nitrogen and oxygen atoms in total. The standard InChI is InChI=1S/C21H21N3O2S/c22-21(26)16-5-9-17(10-6-16)23-20-4-1-3-19(24-20)15-7-11-18(12-8-15)27-14-2-13-25/h1,3-12,25H,2,13-14H2,(H2,22,26)(H,23,24). The van der Waals surface area contributed by atoms with Crippen LogP contribution < -0.4 is 11.1 Å². The van der Waals surface area contributed by atoms with Crippen LogP contribution in [0.25, 0.3) is 11.3 Å². The van der Waals surface area contributed by atoms with Crippen molar-refractivity contribution >= 4 is 29.2 Å². The van der Waals surface area contributed by atoms with Gasteiger partial charge in [-0.2, -0.15) is 0 Å². The van der Waals surface area contributed by atoms with Gasteiger partial charge in [0.2, 0.25) is 5.91 Å². The zero-order valence-corrected chi connectivity index (χ0v) is 15.6. The molecule has 6 heteroatoms. The summed E-state index contributed by atoms with van der Waals surface area (Å²) in [4.78, 5) is 17.0. The average Bonchev–Trinajstić information content (AvgIpc) is 2.69. The molecule has 138 valence electrons. The number of thioether (sulfide) groups is 1. The lowest BCUT2D eigenvalue weighted by Gasteiger charge is -2.09. The van der Waals surface area contributed by atoms with E-state index in [2.05, 4.69) is 34.6 Å². The van der Waals surface area contributed by atoms with Crippen molar-refractivity contribution in [1.82, 2.24) is 4.98 Å². The zero-order valence-electron chi connectivity index (χ0n) is 14.8. The first-order valence-electron chi connectivity index (χ1n) is 8.64. The Morgan fingerprint density at radius 2 is 1.78 bits per heavy atom. The molecule has 3 rings (SSSR count). The topological polar surface area (TPSA) is 88.2 Å². The molecular formula is C21H21N3O2S. The highest BCUT2D eigenvalue weighted by Crippen LogP contribution is 2.25. The largest absolute Gasteiger partial charge is 0.396 e. The fourth-order valence-corrected chi connectivity index (χ4v) is 3.34. The summed E-state index contributed by atoms with van der Waals surface area (Å²) >= 11 is 1.73. The van der Waals surface area contributed by atoms with Gasteiger partial charge in [0.05, 0.1) is 5.69 Å². The fourth-order valence-electron chi connectivity index (χ4n) is 2.51. The minimum absolute atomic E-state index is 0.222. The second-order valence-electron chi connectivity index (χ2n) is 5.92. The first-order valence-corrected chi connectivity index (χ1v) is 9.62. The SMILES string of the molecule is NC(=O)c1ccc(Nc2cccc(-c3ccc(SCCCO)cc3)n2)cc1. The third-order valence-electron chi connectivity index (χ3n) is 3.91. The molecule has 27 heavy (non-hydrogen) atoms. The summed E-state index contributed by atoms with van der Waals surface area (Å²) < 4.78 is 0. The van der Waals surface area contributed by atoms with Gasteiger partial charge in [0, 0.05) is 34.1 Å². The van der Waals surface area contributed by atoms with Gasteiger partial charge in [-0.05, 0) is 55.0 Å². The summed E-state index contributed by atoms with van der Waals surface area (Å²) in [6.45, 7) is 0.222. The van der Waals surface area contributed by atoms with E-state index in [0.717, 1.165) is 34.9 Å². The molecule has 1 aromatic heterocycles. The van der Waals surface area contributed by atoms with Crippen LogP contribution in [0.3, 0.4) is 0 Å². The van der Waals surface area contributed by atoms with Gasteiger partial charge in [-0.1, -0.05) is 18.2 Å². The van der Waals surface area contributed by atoms with Gasteiger partial charge in [-0.15, -0.1) is 11.8 Å². The smallest absolute Gasteiger partial charge is 0.248 e. The van der Waals surface area contributed by atoms with Crippen LogP contribution in [0.1, 0.15) is 16.8 Å². The van der Waals surface area contributed by atoms with E-state index < -0.39 is 5.91 Å². The molecule has 1 amide bonds. The summed E-state index contributed by atoms with van der Waals surface area (Å²) in [7, 11) is 0. The van der Waals surface area contributed by atoms with E-state index in [9.17, 15) is 4.79 Å². The second kappa shape index (κ2) is 9.21. The van der Waals surface area contributed by atoms with Crippen LogP contribution in [-0.2, 0) is 0 Å². The van der Waals surface area contributed by atoms with Crippen LogP contribution in [-0.4, -0.2) is 28.4 Å². The Hall–Kier alpha value is -2.83. The molecule has 0 saturated carbocycles. The Labute approximate surface area is 162 Å². The first-order chi connectivity index (χ1) is 13.2. The van der Waals surface area contributed by atoms with Crippen molar-refractivity contribution in [2.75, 3.05) is 17.7 Å². The Kier molecular flexibility index (Phi) is 6.46. The van der Waals surface area contributed by atoms with Crippen LogP contribution >= 0.6 is 11.8 Å². The van der Waals surface area contributed by atoms with Crippen molar-refractivity contribution in [2.24, 2.45) is 5.73 Å². The number of carbonyl (C=O) groups excluding carboxylic acids is 1. The molecule has 3 aromatic rings. The second-order valence-corrected chi connectivity index (χ2v) is 7.09. The highest BCUT2D eigenvalue weighted by Gasteiger charge is 2.04. The summed E-state index contributed by atoms with van der Waals surface area (Å²) in [5.41, 5.74) is 8.48. The monoisotopic (exact) mass is 379 g/mol. The van der Waals surface area contributed by atoms with Gasteiger partial charge < -0.3 is 16.2 Å². The number of pyridine rings is 1. The lowest BCUT2D eigenvalue weighted by atomic mass is 10.1. The van der Waals surface area contributed by atoms with E-state index in [0.29, 0.717) is 5.56 Å².